The van der Waals surface area contributed by atoms with Gasteiger partial charge in [0.25, 0.3) is 5.91 Å². The van der Waals surface area contributed by atoms with Crippen LogP contribution in [-0.4, -0.2) is 45.2 Å². The van der Waals surface area contributed by atoms with E-state index in [1.165, 1.54) is 0 Å². The van der Waals surface area contributed by atoms with Crippen LogP contribution in [0, 0.1) is 0 Å². The number of carbonyl (C=O) groups is 1. The van der Waals surface area contributed by atoms with Crippen LogP contribution >= 0.6 is 0 Å². The van der Waals surface area contributed by atoms with Crippen molar-refractivity contribution in [2.75, 3.05) is 19.6 Å². The van der Waals surface area contributed by atoms with Gasteiger partial charge in [-0.05, 0) is 11.6 Å². The standard InChI is InChI=1S/C20H21N5O/c1-24-14-18(12-23-24)16-9-17(11-22-10-16)20(26)25-8-7-21-13-19(25)15-5-3-2-4-6-15/h2-6,9-12,14,19,21H,7-8,13H2,1H3. The average molecular weight is 347 g/mol. The molecule has 6 heteroatoms. The van der Waals surface area contributed by atoms with Crippen LogP contribution in [0.5, 0.6) is 0 Å². The van der Waals surface area contributed by atoms with Crippen LogP contribution in [-0.2, 0) is 7.05 Å². The number of aryl methyl sites for hydroxylation is 1. The third kappa shape index (κ3) is 3.23. The zero-order valence-corrected chi connectivity index (χ0v) is 14.7. The minimum Gasteiger partial charge on any atom is -0.329 e. The molecule has 2 aromatic heterocycles. The number of nitrogens with one attached hydrogen (secondary N) is 1. The van der Waals surface area contributed by atoms with E-state index >= 15 is 0 Å². The van der Waals surface area contributed by atoms with Gasteiger partial charge in [0, 0.05) is 56.4 Å². The summed E-state index contributed by atoms with van der Waals surface area (Å²) < 4.78 is 1.74. The minimum absolute atomic E-state index is 0.0126. The average Bonchev–Trinajstić information content (AvgIpc) is 3.15. The molecular weight excluding hydrogens is 326 g/mol. The van der Waals surface area contributed by atoms with Crippen molar-refractivity contribution in [3.05, 3.63) is 72.3 Å². The van der Waals surface area contributed by atoms with Gasteiger partial charge >= 0.3 is 0 Å². The van der Waals surface area contributed by atoms with Gasteiger partial charge in [-0.15, -0.1) is 0 Å². The SMILES string of the molecule is Cn1cc(-c2cncc(C(=O)N3CCNCC3c3ccccc3)c2)cn1. The monoisotopic (exact) mass is 347 g/mol. The molecule has 0 spiro atoms. The third-order valence-corrected chi connectivity index (χ3v) is 4.71. The molecule has 3 heterocycles. The van der Waals surface area contributed by atoms with E-state index in [0.717, 1.165) is 29.8 Å². The predicted molar refractivity (Wildman–Crippen MR) is 99.5 cm³/mol. The number of pyridine rings is 1. The van der Waals surface area contributed by atoms with Crippen LogP contribution in [0.4, 0.5) is 0 Å². The molecule has 1 fully saturated rings. The van der Waals surface area contributed by atoms with E-state index < -0.39 is 0 Å². The van der Waals surface area contributed by atoms with Gasteiger partial charge in [0.2, 0.25) is 0 Å². The predicted octanol–water partition coefficient (Wildman–Crippen LogP) is 2.27. The molecule has 0 aliphatic carbocycles. The molecule has 1 aliphatic rings. The highest BCUT2D eigenvalue weighted by atomic mass is 16.2. The molecule has 1 amide bonds. The van der Waals surface area contributed by atoms with E-state index in [9.17, 15) is 4.79 Å². The van der Waals surface area contributed by atoms with Crippen LogP contribution in [0.15, 0.2) is 61.2 Å². The van der Waals surface area contributed by atoms with Gasteiger partial charge in [-0.1, -0.05) is 30.3 Å². The van der Waals surface area contributed by atoms with E-state index in [2.05, 4.69) is 27.5 Å². The first-order valence-electron chi connectivity index (χ1n) is 8.73. The molecule has 0 radical (unpaired) electrons. The number of amides is 1. The van der Waals surface area contributed by atoms with E-state index in [0.29, 0.717) is 12.1 Å². The Labute approximate surface area is 152 Å². The minimum atomic E-state index is 0.0126. The molecule has 1 aromatic carbocycles. The third-order valence-electron chi connectivity index (χ3n) is 4.71. The fraction of sp³-hybridized carbons (Fsp3) is 0.250. The van der Waals surface area contributed by atoms with Gasteiger partial charge in [-0.3, -0.25) is 14.5 Å². The van der Waals surface area contributed by atoms with Crippen molar-refractivity contribution in [1.82, 2.24) is 25.0 Å². The first kappa shape index (κ1) is 16.5. The number of benzene rings is 1. The van der Waals surface area contributed by atoms with Crippen molar-refractivity contribution in [3.63, 3.8) is 0 Å². The Hall–Kier alpha value is -2.99. The van der Waals surface area contributed by atoms with E-state index in [4.69, 9.17) is 0 Å². The van der Waals surface area contributed by atoms with Crippen LogP contribution in [0.3, 0.4) is 0 Å². The molecule has 0 bridgehead atoms. The lowest BCUT2D eigenvalue weighted by Crippen LogP contribution is -2.48. The van der Waals surface area contributed by atoms with E-state index in [1.54, 1.807) is 23.3 Å². The lowest BCUT2D eigenvalue weighted by Gasteiger charge is -2.36. The summed E-state index contributed by atoms with van der Waals surface area (Å²) in [6.45, 7) is 2.23. The van der Waals surface area contributed by atoms with Crippen molar-refractivity contribution >= 4 is 5.91 Å². The van der Waals surface area contributed by atoms with Crippen LogP contribution < -0.4 is 5.32 Å². The Balaban J connectivity index is 1.63. The second-order valence-electron chi connectivity index (χ2n) is 6.49. The lowest BCUT2D eigenvalue weighted by molar-refractivity contribution is 0.0634. The molecule has 1 atom stereocenters. The first-order valence-corrected chi connectivity index (χ1v) is 8.73. The second kappa shape index (κ2) is 7.09. The van der Waals surface area contributed by atoms with Crippen LogP contribution in [0.25, 0.3) is 11.1 Å². The Bertz CT molecular complexity index is 905. The van der Waals surface area contributed by atoms with Crippen LogP contribution in [0.1, 0.15) is 22.0 Å². The van der Waals surface area contributed by atoms with Crippen LogP contribution in [0.2, 0.25) is 0 Å². The molecule has 26 heavy (non-hydrogen) atoms. The maximum Gasteiger partial charge on any atom is 0.256 e. The van der Waals surface area contributed by atoms with Gasteiger partial charge in [-0.25, -0.2) is 0 Å². The van der Waals surface area contributed by atoms with Gasteiger partial charge in [0.1, 0.15) is 0 Å². The number of carbonyl (C=O) groups excluding carboxylic acids is 1. The normalized spacial score (nSPS) is 17.3. The van der Waals surface area contributed by atoms with Crippen molar-refractivity contribution in [2.45, 2.75) is 6.04 Å². The van der Waals surface area contributed by atoms with Crippen molar-refractivity contribution < 1.29 is 4.79 Å². The number of aromatic nitrogens is 3. The number of hydrogen-bond donors (Lipinski definition) is 1. The maximum absolute atomic E-state index is 13.2. The summed E-state index contributed by atoms with van der Waals surface area (Å²) in [5, 5.41) is 7.58. The smallest absolute Gasteiger partial charge is 0.256 e. The Morgan fingerprint density at radius 1 is 1.15 bits per heavy atom. The summed E-state index contributed by atoms with van der Waals surface area (Å²) >= 11 is 0. The summed E-state index contributed by atoms with van der Waals surface area (Å²) in [5.41, 5.74) is 3.60. The summed E-state index contributed by atoms with van der Waals surface area (Å²) in [6.07, 6.45) is 7.11. The molecule has 0 saturated carbocycles. The second-order valence-corrected chi connectivity index (χ2v) is 6.49. The summed E-state index contributed by atoms with van der Waals surface area (Å²) in [6, 6.07) is 12.1. The zero-order valence-electron chi connectivity index (χ0n) is 14.7. The fourth-order valence-corrected chi connectivity index (χ4v) is 3.37. The molecule has 1 aliphatic heterocycles. The Kier molecular flexibility index (Phi) is 4.50. The molecule has 4 rings (SSSR count). The van der Waals surface area contributed by atoms with Crippen molar-refractivity contribution in [2.24, 2.45) is 7.05 Å². The molecule has 1 unspecified atom stereocenters. The van der Waals surface area contributed by atoms with E-state index in [-0.39, 0.29) is 11.9 Å². The molecule has 1 saturated heterocycles. The summed E-state index contributed by atoms with van der Waals surface area (Å²) in [7, 11) is 1.87. The fourth-order valence-electron chi connectivity index (χ4n) is 3.37. The summed E-state index contributed by atoms with van der Waals surface area (Å²) in [5.74, 6) is 0.0126. The van der Waals surface area contributed by atoms with Gasteiger partial charge in [0.15, 0.2) is 0 Å². The highest BCUT2D eigenvalue weighted by Crippen LogP contribution is 2.25. The van der Waals surface area contributed by atoms with Crippen molar-refractivity contribution in [3.8, 4) is 11.1 Å². The van der Waals surface area contributed by atoms with Crippen molar-refractivity contribution in [1.29, 1.82) is 0 Å². The number of piperazine rings is 1. The van der Waals surface area contributed by atoms with Gasteiger partial charge in [-0.2, -0.15) is 5.10 Å². The molecule has 6 nitrogen and oxygen atoms in total. The highest BCUT2D eigenvalue weighted by molar-refractivity contribution is 5.95. The quantitative estimate of drug-likeness (QED) is 0.789. The Morgan fingerprint density at radius 2 is 2.00 bits per heavy atom. The highest BCUT2D eigenvalue weighted by Gasteiger charge is 2.28. The van der Waals surface area contributed by atoms with Gasteiger partial charge < -0.3 is 10.2 Å². The topological polar surface area (TPSA) is 63.1 Å². The maximum atomic E-state index is 13.2. The summed E-state index contributed by atoms with van der Waals surface area (Å²) in [4.78, 5) is 19.4. The first-order chi connectivity index (χ1) is 12.7. The largest absolute Gasteiger partial charge is 0.329 e. The molecular formula is C20H21N5O. The molecule has 1 N–H and O–H groups in total. The zero-order chi connectivity index (χ0) is 17.9. The molecule has 3 aromatic rings. The lowest BCUT2D eigenvalue weighted by atomic mass is 10.0. The number of rotatable bonds is 3. The molecule has 132 valence electrons. The van der Waals surface area contributed by atoms with E-state index in [1.807, 2.05) is 42.4 Å². The van der Waals surface area contributed by atoms with Gasteiger partial charge in [0.05, 0.1) is 17.8 Å². The number of nitrogens with zero attached hydrogens (tertiary/aromatic N) is 4. The number of hydrogen-bond acceptors (Lipinski definition) is 4. The Morgan fingerprint density at radius 3 is 2.77 bits per heavy atom.